The van der Waals surface area contributed by atoms with E-state index in [9.17, 15) is 0 Å². The molecule has 0 radical (unpaired) electrons. The van der Waals surface area contributed by atoms with E-state index in [-0.39, 0.29) is 6.10 Å². The monoisotopic (exact) mass is 263 g/mol. The van der Waals surface area contributed by atoms with Gasteiger partial charge in [-0.2, -0.15) is 5.26 Å². The van der Waals surface area contributed by atoms with Gasteiger partial charge in [0.05, 0.1) is 24.3 Å². The third-order valence-electron chi connectivity index (χ3n) is 3.85. The molecule has 0 aliphatic heterocycles. The van der Waals surface area contributed by atoms with E-state index < -0.39 is 0 Å². The largest absolute Gasteiger partial charge is 0.369 e. The normalized spacial score (nSPS) is 17.2. The molecule has 0 heterocycles. The first-order valence-corrected chi connectivity index (χ1v) is 7.05. The predicted molar refractivity (Wildman–Crippen MR) is 78.1 cm³/mol. The Balaban J connectivity index is 1.68. The van der Waals surface area contributed by atoms with Crippen molar-refractivity contribution >= 4 is 0 Å². The van der Waals surface area contributed by atoms with Crippen molar-refractivity contribution in [1.29, 1.82) is 5.26 Å². The van der Waals surface area contributed by atoms with Crippen LogP contribution in [0.25, 0.3) is 0 Å². The Morgan fingerprint density at radius 3 is 2.70 bits per heavy atom. The zero-order chi connectivity index (χ0) is 13.8. The summed E-state index contributed by atoms with van der Waals surface area (Å²) >= 11 is 0. The average Bonchev–Trinajstić information content (AvgIpc) is 2.53. The van der Waals surface area contributed by atoms with Crippen LogP contribution in [0.4, 0.5) is 0 Å². The smallest absolute Gasteiger partial charge is 0.0991 e. The number of fused-ring (bicyclic) bond motifs is 1. The molecule has 2 aromatic carbocycles. The van der Waals surface area contributed by atoms with Crippen LogP contribution in [-0.4, -0.2) is 0 Å². The maximum Gasteiger partial charge on any atom is 0.0991 e. The standard InChI is InChI=1S/C18H17NO/c19-12-14-8-10-15(11-9-14)13-20-18-7-3-5-16-4-1-2-6-17(16)18/h1-2,4,6,8-11,18H,3,5,7,13H2. The van der Waals surface area contributed by atoms with Crippen LogP contribution in [0.1, 0.15) is 41.2 Å². The second kappa shape index (κ2) is 5.90. The summed E-state index contributed by atoms with van der Waals surface area (Å²) in [5.74, 6) is 0. The van der Waals surface area contributed by atoms with Gasteiger partial charge in [-0.1, -0.05) is 36.4 Å². The minimum atomic E-state index is 0.204. The highest BCUT2D eigenvalue weighted by Gasteiger charge is 2.20. The minimum absolute atomic E-state index is 0.204. The highest BCUT2D eigenvalue weighted by Crippen LogP contribution is 2.32. The maximum absolute atomic E-state index is 8.79. The van der Waals surface area contributed by atoms with E-state index in [0.717, 1.165) is 18.4 Å². The van der Waals surface area contributed by atoms with Gasteiger partial charge in [0.2, 0.25) is 0 Å². The third kappa shape index (κ3) is 2.74. The van der Waals surface area contributed by atoms with Gasteiger partial charge in [-0.05, 0) is 48.1 Å². The summed E-state index contributed by atoms with van der Waals surface area (Å²) < 4.78 is 6.09. The van der Waals surface area contributed by atoms with Crippen molar-refractivity contribution in [2.75, 3.05) is 0 Å². The van der Waals surface area contributed by atoms with Crippen molar-refractivity contribution in [2.24, 2.45) is 0 Å². The molecule has 1 unspecified atom stereocenters. The van der Waals surface area contributed by atoms with Crippen LogP contribution in [0.15, 0.2) is 48.5 Å². The molecule has 1 aliphatic rings. The summed E-state index contributed by atoms with van der Waals surface area (Å²) in [5, 5.41) is 8.79. The van der Waals surface area contributed by atoms with Gasteiger partial charge in [-0.15, -0.1) is 0 Å². The van der Waals surface area contributed by atoms with Crippen molar-refractivity contribution in [3.05, 3.63) is 70.8 Å². The van der Waals surface area contributed by atoms with Crippen LogP contribution >= 0.6 is 0 Å². The van der Waals surface area contributed by atoms with Crippen molar-refractivity contribution in [3.8, 4) is 6.07 Å². The topological polar surface area (TPSA) is 33.0 Å². The molecule has 0 amide bonds. The highest BCUT2D eigenvalue weighted by molar-refractivity contribution is 5.32. The lowest BCUT2D eigenvalue weighted by molar-refractivity contribution is 0.0283. The molecule has 0 bridgehead atoms. The lowest BCUT2D eigenvalue weighted by Crippen LogP contribution is -2.12. The Kier molecular flexibility index (Phi) is 3.80. The van der Waals surface area contributed by atoms with E-state index in [1.165, 1.54) is 17.5 Å². The maximum atomic E-state index is 8.79. The molecule has 0 fully saturated rings. The SMILES string of the molecule is N#Cc1ccc(COC2CCCc3ccccc32)cc1. The van der Waals surface area contributed by atoms with E-state index in [0.29, 0.717) is 12.2 Å². The molecule has 3 rings (SSSR count). The number of aryl methyl sites for hydroxylation is 1. The molecule has 2 aromatic rings. The fourth-order valence-corrected chi connectivity index (χ4v) is 2.75. The van der Waals surface area contributed by atoms with Crippen molar-refractivity contribution in [1.82, 2.24) is 0 Å². The van der Waals surface area contributed by atoms with Gasteiger partial charge in [-0.3, -0.25) is 0 Å². The van der Waals surface area contributed by atoms with Crippen molar-refractivity contribution in [3.63, 3.8) is 0 Å². The summed E-state index contributed by atoms with van der Waals surface area (Å²) in [6.45, 7) is 0.602. The quantitative estimate of drug-likeness (QED) is 0.833. The van der Waals surface area contributed by atoms with Gasteiger partial charge in [0.1, 0.15) is 0 Å². The molecule has 20 heavy (non-hydrogen) atoms. The molecular formula is C18H17NO. The van der Waals surface area contributed by atoms with Crippen LogP contribution in [0.2, 0.25) is 0 Å². The number of benzene rings is 2. The fourth-order valence-electron chi connectivity index (χ4n) is 2.75. The fraction of sp³-hybridized carbons (Fsp3) is 0.278. The van der Waals surface area contributed by atoms with Crippen LogP contribution in [0.3, 0.4) is 0 Å². The Hall–Kier alpha value is -2.11. The number of rotatable bonds is 3. The highest BCUT2D eigenvalue weighted by atomic mass is 16.5. The molecule has 2 nitrogen and oxygen atoms in total. The zero-order valence-electron chi connectivity index (χ0n) is 11.4. The number of nitrogens with zero attached hydrogens (tertiary/aromatic N) is 1. The molecule has 1 aliphatic carbocycles. The first kappa shape index (κ1) is 12.9. The van der Waals surface area contributed by atoms with Gasteiger partial charge < -0.3 is 4.74 Å². The van der Waals surface area contributed by atoms with Crippen molar-refractivity contribution < 1.29 is 4.74 Å². The summed E-state index contributed by atoms with van der Waals surface area (Å²) in [4.78, 5) is 0. The second-order valence-corrected chi connectivity index (χ2v) is 5.20. The molecule has 0 saturated heterocycles. The molecule has 0 spiro atoms. The molecule has 0 aromatic heterocycles. The predicted octanol–water partition coefficient (Wildman–Crippen LogP) is 4.15. The molecule has 2 heteroatoms. The molecule has 100 valence electrons. The average molecular weight is 263 g/mol. The van der Waals surface area contributed by atoms with E-state index in [1.54, 1.807) is 0 Å². The summed E-state index contributed by atoms with van der Waals surface area (Å²) in [6, 6.07) is 18.3. The molecule has 1 atom stereocenters. The molecule has 0 N–H and O–H groups in total. The van der Waals surface area contributed by atoms with Crippen LogP contribution in [0.5, 0.6) is 0 Å². The first-order valence-electron chi connectivity index (χ1n) is 7.05. The van der Waals surface area contributed by atoms with E-state index in [2.05, 4.69) is 30.3 Å². The Morgan fingerprint density at radius 1 is 1.10 bits per heavy atom. The number of ether oxygens (including phenoxy) is 1. The number of hydrogen-bond donors (Lipinski definition) is 0. The van der Waals surface area contributed by atoms with E-state index in [4.69, 9.17) is 10.00 Å². The first-order chi connectivity index (χ1) is 9.86. The van der Waals surface area contributed by atoms with Gasteiger partial charge in [-0.25, -0.2) is 0 Å². The minimum Gasteiger partial charge on any atom is -0.369 e. The van der Waals surface area contributed by atoms with Gasteiger partial charge in [0.25, 0.3) is 0 Å². The van der Waals surface area contributed by atoms with E-state index in [1.807, 2.05) is 24.3 Å². The number of hydrogen-bond acceptors (Lipinski definition) is 2. The molecule has 0 saturated carbocycles. The Labute approximate surface area is 119 Å². The summed E-state index contributed by atoms with van der Waals surface area (Å²) in [5.41, 5.74) is 4.57. The Bertz CT molecular complexity index is 625. The van der Waals surface area contributed by atoms with Crippen molar-refractivity contribution in [2.45, 2.75) is 32.0 Å². The third-order valence-corrected chi connectivity index (χ3v) is 3.85. The van der Waals surface area contributed by atoms with Crippen LogP contribution in [0, 0.1) is 11.3 Å². The lowest BCUT2D eigenvalue weighted by atomic mass is 9.89. The van der Waals surface area contributed by atoms with E-state index >= 15 is 0 Å². The van der Waals surface area contributed by atoms with Gasteiger partial charge in [0.15, 0.2) is 0 Å². The Morgan fingerprint density at radius 2 is 1.90 bits per heavy atom. The van der Waals surface area contributed by atoms with Gasteiger partial charge >= 0.3 is 0 Å². The van der Waals surface area contributed by atoms with Crippen LogP contribution in [-0.2, 0) is 17.8 Å². The summed E-state index contributed by atoms with van der Waals surface area (Å²) in [7, 11) is 0. The number of nitriles is 1. The summed E-state index contributed by atoms with van der Waals surface area (Å²) in [6.07, 6.45) is 3.64. The second-order valence-electron chi connectivity index (χ2n) is 5.20. The zero-order valence-corrected chi connectivity index (χ0v) is 11.4. The van der Waals surface area contributed by atoms with Crippen LogP contribution < -0.4 is 0 Å². The molecular weight excluding hydrogens is 246 g/mol. The van der Waals surface area contributed by atoms with Gasteiger partial charge in [0, 0.05) is 0 Å². The lowest BCUT2D eigenvalue weighted by Gasteiger charge is -2.25.